The van der Waals surface area contributed by atoms with Crippen LogP contribution in [0.5, 0.6) is 0 Å². The van der Waals surface area contributed by atoms with Crippen LogP contribution in [0.3, 0.4) is 0 Å². The Kier molecular flexibility index (Phi) is 23.8. The Hall–Kier alpha value is -6.46. The monoisotopic (exact) mass is 1180 g/mol. The van der Waals surface area contributed by atoms with Gasteiger partial charge in [0.15, 0.2) is 15.6 Å². The number of sulfone groups is 1. The Morgan fingerprint density at radius 2 is 1.40 bits per heavy atom. The number of amides is 5. The third kappa shape index (κ3) is 19.6. The smallest absolute Gasteiger partial charge is 0.315 e. The van der Waals surface area contributed by atoms with E-state index in [2.05, 4.69) is 57.7 Å². The van der Waals surface area contributed by atoms with E-state index in [1.807, 2.05) is 43.8 Å². The van der Waals surface area contributed by atoms with E-state index in [0.717, 1.165) is 36.1 Å². The van der Waals surface area contributed by atoms with E-state index in [-0.39, 0.29) is 84.4 Å². The second-order valence-corrected chi connectivity index (χ2v) is 27.8. The molecule has 6 atom stereocenters. The summed E-state index contributed by atoms with van der Waals surface area (Å²) in [5.41, 5.74) is 3.37. The standard InChI is InChI=1S/C49H65N9O8S2.C11H16O2S/c1-33(2)29-57(68(65,66)39-17-9-5-10-18-39)31-42(59)34(3)58-30-38(55-56-58)28-51-48(63)40(27-35-22-24-37(25-23-35)47(62)36-15-7-4-8-16-36)52-45(61)21-11-6-14-26-50-44(60)20-13-12-19-43-46-41(32-67-43)53-49(64)54-46;1-11(2,3)9-5-7-10(8-6-9)14(4,12)13/h4-5,7-10,15-18,22-25,30,33-34,40-43,46,59H,6,11-14,19-21,26-29,31-32H2,1-3H3,(H,50,60)(H,51,63)(H,52,61)(H2,53,54,64);5-8H,1-4H3/t34-,40-,41-,42?,43-,46-;/m0./s1. The summed E-state index contributed by atoms with van der Waals surface area (Å²) >= 11 is 1.87. The SMILES string of the molecule is CC(C)(C)c1ccc(S(C)(=O)=O)cc1.CC(C)CN(CC(O)[C@H](C)n1cc(CNC(=O)[C@H](Cc2ccc(C(=O)c3ccccc3)cc2)NC(=O)CCCCCNC(=O)CCCC[C@@H]2SC[C@@H]3NC(=O)N[C@@H]32)nn1)S(=O)(=O)c1ccccc1. The summed E-state index contributed by atoms with van der Waals surface area (Å²) in [7, 11) is -6.95. The van der Waals surface area contributed by atoms with Crippen molar-refractivity contribution in [2.75, 3.05) is 31.6 Å². The average Bonchev–Trinajstić information content (AvgIpc) is 4.19. The van der Waals surface area contributed by atoms with Crippen molar-refractivity contribution in [2.45, 2.75) is 157 Å². The number of unbranched alkanes of at least 4 members (excludes halogenated alkanes) is 3. The van der Waals surface area contributed by atoms with E-state index in [4.69, 9.17) is 0 Å². The van der Waals surface area contributed by atoms with Crippen molar-refractivity contribution in [3.8, 4) is 0 Å². The Bertz CT molecular complexity index is 3120. The van der Waals surface area contributed by atoms with Crippen LogP contribution in [0.2, 0.25) is 0 Å². The predicted octanol–water partition coefficient (Wildman–Crippen LogP) is 6.91. The van der Waals surface area contributed by atoms with Crippen LogP contribution in [0.15, 0.2) is 125 Å². The number of nitrogens with one attached hydrogen (secondary N) is 5. The molecule has 1 aromatic heterocycles. The molecule has 0 aliphatic carbocycles. The van der Waals surface area contributed by atoms with Crippen molar-refractivity contribution in [1.82, 2.24) is 45.9 Å². The van der Waals surface area contributed by atoms with Crippen molar-refractivity contribution < 1.29 is 45.9 Å². The first kappa shape index (κ1) is 64.7. The molecule has 0 saturated carbocycles. The zero-order chi connectivity index (χ0) is 59.6. The molecule has 3 heterocycles. The van der Waals surface area contributed by atoms with E-state index in [0.29, 0.717) is 59.2 Å². The van der Waals surface area contributed by atoms with Crippen LogP contribution in [0.25, 0.3) is 0 Å². The molecular formula is C60H81N9O10S3. The van der Waals surface area contributed by atoms with Crippen LogP contribution in [0, 0.1) is 5.92 Å². The van der Waals surface area contributed by atoms with E-state index in [1.54, 1.807) is 92.0 Å². The highest BCUT2D eigenvalue weighted by atomic mass is 32.2. The highest BCUT2D eigenvalue weighted by Gasteiger charge is 2.42. The first-order valence-corrected chi connectivity index (χ1v) is 32.4. The maximum atomic E-state index is 13.8. The fourth-order valence-corrected chi connectivity index (χ4v) is 13.3. The van der Waals surface area contributed by atoms with Gasteiger partial charge in [0, 0.05) is 67.3 Å². The zero-order valence-corrected chi connectivity index (χ0v) is 50.5. The van der Waals surface area contributed by atoms with Crippen LogP contribution >= 0.6 is 11.8 Å². The Morgan fingerprint density at radius 1 is 0.768 bits per heavy atom. The molecule has 2 aliphatic rings. The van der Waals surface area contributed by atoms with Crippen LogP contribution in [0.4, 0.5) is 4.79 Å². The lowest BCUT2D eigenvalue weighted by Crippen LogP contribution is -2.47. The van der Waals surface area contributed by atoms with Gasteiger partial charge in [-0.1, -0.05) is 138 Å². The van der Waals surface area contributed by atoms with E-state index < -0.39 is 44.0 Å². The molecule has 2 fully saturated rings. The van der Waals surface area contributed by atoms with Gasteiger partial charge in [-0.2, -0.15) is 16.1 Å². The first-order chi connectivity index (χ1) is 38.9. The number of sulfonamides is 1. The number of ketones is 1. The van der Waals surface area contributed by atoms with Crippen LogP contribution in [-0.4, -0.2) is 132 Å². The molecule has 0 spiro atoms. The number of aromatic nitrogens is 3. The summed E-state index contributed by atoms with van der Waals surface area (Å²) in [6, 6.07) is 29.6. The number of fused-ring (bicyclic) bond motifs is 1. The number of urea groups is 1. The minimum Gasteiger partial charge on any atom is -0.390 e. The lowest BCUT2D eigenvalue weighted by Gasteiger charge is -2.28. The van der Waals surface area contributed by atoms with Crippen LogP contribution < -0.4 is 26.6 Å². The van der Waals surface area contributed by atoms with Gasteiger partial charge in [-0.3, -0.25) is 19.2 Å². The first-order valence-electron chi connectivity index (χ1n) is 28.0. The third-order valence-electron chi connectivity index (χ3n) is 14.3. The Labute approximate surface area is 487 Å². The summed E-state index contributed by atoms with van der Waals surface area (Å²) in [5.74, 6) is 0.0101. The van der Waals surface area contributed by atoms with E-state index >= 15 is 0 Å². The van der Waals surface area contributed by atoms with Crippen LogP contribution in [-0.2, 0) is 52.6 Å². The molecule has 0 bridgehead atoms. The topological polar surface area (TPSA) is 268 Å². The molecular weight excluding hydrogens is 1100 g/mol. The van der Waals surface area contributed by atoms with Crippen molar-refractivity contribution in [1.29, 1.82) is 0 Å². The molecule has 2 saturated heterocycles. The van der Waals surface area contributed by atoms with Gasteiger partial charge < -0.3 is 31.7 Å². The number of carbonyl (C=O) groups excluding carboxylic acids is 5. The molecule has 19 nitrogen and oxygen atoms in total. The van der Waals surface area contributed by atoms with Crippen molar-refractivity contribution >= 4 is 61.2 Å². The van der Waals surface area contributed by atoms with E-state index in [9.17, 15) is 45.9 Å². The zero-order valence-electron chi connectivity index (χ0n) is 48.0. The summed E-state index contributed by atoms with van der Waals surface area (Å²) in [6.45, 7) is 12.3. The summed E-state index contributed by atoms with van der Waals surface area (Å²) in [4.78, 5) is 64.7. The number of rotatable bonds is 28. The normalized spacial score (nSPS) is 17.1. The lowest BCUT2D eigenvalue weighted by molar-refractivity contribution is -0.129. The number of carbonyl (C=O) groups is 5. The van der Waals surface area contributed by atoms with Gasteiger partial charge in [0.05, 0.1) is 46.8 Å². The molecule has 0 radical (unpaired) electrons. The van der Waals surface area contributed by atoms with Gasteiger partial charge in [-0.15, -0.1) is 5.10 Å². The molecule has 5 amide bonds. The molecule has 6 N–H and O–H groups in total. The van der Waals surface area contributed by atoms with Gasteiger partial charge in [-0.05, 0) is 79.3 Å². The fourth-order valence-electron chi connectivity index (χ4n) is 9.49. The minimum atomic E-state index is -3.88. The average molecular weight is 1180 g/mol. The molecule has 82 heavy (non-hydrogen) atoms. The van der Waals surface area contributed by atoms with Crippen molar-refractivity contribution in [3.63, 3.8) is 0 Å². The molecule has 444 valence electrons. The fraction of sp³-hybridized carbons (Fsp3) is 0.483. The maximum Gasteiger partial charge on any atom is 0.315 e. The molecule has 7 rings (SSSR count). The molecule has 5 aromatic rings. The molecule has 2 aliphatic heterocycles. The maximum absolute atomic E-state index is 13.8. The Morgan fingerprint density at radius 3 is 2.05 bits per heavy atom. The number of thioether (sulfide) groups is 1. The second kappa shape index (κ2) is 30.2. The number of benzene rings is 4. The summed E-state index contributed by atoms with van der Waals surface area (Å²) < 4.78 is 52.1. The largest absolute Gasteiger partial charge is 0.390 e. The Balaban J connectivity index is 0.000000674. The summed E-state index contributed by atoms with van der Waals surface area (Å²) in [6.07, 6.45) is 7.01. The van der Waals surface area contributed by atoms with Crippen molar-refractivity contribution in [2.24, 2.45) is 5.92 Å². The number of aliphatic hydroxyl groups is 1. The van der Waals surface area contributed by atoms with Gasteiger partial charge in [0.1, 0.15) is 11.7 Å². The number of aliphatic hydroxyl groups excluding tert-OH is 1. The minimum absolute atomic E-state index is 0.000124. The predicted molar refractivity (Wildman–Crippen MR) is 318 cm³/mol. The van der Waals surface area contributed by atoms with Gasteiger partial charge >= 0.3 is 6.03 Å². The van der Waals surface area contributed by atoms with Crippen LogP contribution in [0.1, 0.15) is 132 Å². The number of nitrogens with zero attached hydrogens (tertiary/aromatic N) is 4. The molecule has 4 aromatic carbocycles. The van der Waals surface area contributed by atoms with E-state index in [1.165, 1.54) is 27.4 Å². The molecule has 22 heteroatoms. The highest BCUT2D eigenvalue weighted by molar-refractivity contribution is 8.00. The van der Waals surface area contributed by atoms with Gasteiger partial charge in [0.25, 0.3) is 0 Å². The number of hydrogen-bond donors (Lipinski definition) is 6. The summed E-state index contributed by atoms with van der Waals surface area (Å²) in [5, 5.41) is 34.7. The number of hydrogen-bond acceptors (Lipinski definition) is 13. The van der Waals surface area contributed by atoms with Gasteiger partial charge in [0.2, 0.25) is 27.7 Å². The van der Waals surface area contributed by atoms with Gasteiger partial charge in [-0.25, -0.2) is 26.3 Å². The highest BCUT2D eigenvalue weighted by Crippen LogP contribution is 2.33. The molecule has 1 unspecified atom stereocenters. The lowest BCUT2D eigenvalue weighted by atomic mass is 9.87. The quantitative estimate of drug-likeness (QED) is 0.0169. The van der Waals surface area contributed by atoms with Crippen molar-refractivity contribution in [3.05, 3.63) is 143 Å². The third-order valence-corrected chi connectivity index (χ3v) is 18.8. The second-order valence-electron chi connectivity index (χ2n) is 22.5.